The molecule has 0 aromatic heterocycles. The summed E-state index contributed by atoms with van der Waals surface area (Å²) in [5.74, 6) is 1.66. The van der Waals surface area contributed by atoms with Crippen LogP contribution in [-0.2, 0) is 4.74 Å². The number of ether oxygens (including phenoxy) is 1. The minimum absolute atomic E-state index is 0.313. The van der Waals surface area contributed by atoms with Gasteiger partial charge in [0, 0.05) is 12.6 Å². The molecule has 0 bridgehead atoms. The molecule has 136 valence electrons. The summed E-state index contributed by atoms with van der Waals surface area (Å²) in [5, 5.41) is 6.63. The van der Waals surface area contributed by atoms with Gasteiger partial charge < -0.3 is 15.4 Å². The molecule has 1 saturated carbocycles. The Labute approximate surface area is 143 Å². The van der Waals surface area contributed by atoms with Gasteiger partial charge in [-0.3, -0.25) is 0 Å². The van der Waals surface area contributed by atoms with Crippen LogP contribution in [0.5, 0.6) is 0 Å². The Morgan fingerprint density at radius 3 is 2.30 bits per heavy atom. The van der Waals surface area contributed by atoms with E-state index < -0.39 is 5.60 Å². The number of hydrogen-bond acceptors (Lipinski definition) is 3. The normalized spacial score (nSPS) is 23.5. The van der Waals surface area contributed by atoms with E-state index in [4.69, 9.17) is 4.74 Å². The van der Waals surface area contributed by atoms with Crippen molar-refractivity contribution in [3.8, 4) is 0 Å². The van der Waals surface area contributed by atoms with Gasteiger partial charge >= 0.3 is 6.09 Å². The van der Waals surface area contributed by atoms with Gasteiger partial charge in [-0.1, -0.05) is 26.7 Å². The monoisotopic (exact) mass is 326 g/mol. The van der Waals surface area contributed by atoms with Gasteiger partial charge in [0.1, 0.15) is 5.60 Å². The number of alkyl carbamates (subject to hydrolysis) is 1. The molecule has 1 aliphatic carbocycles. The molecule has 1 aliphatic rings. The van der Waals surface area contributed by atoms with Crippen LogP contribution in [0.3, 0.4) is 0 Å². The fraction of sp³-hybridized carbons (Fsp3) is 0.947. The lowest BCUT2D eigenvalue weighted by Gasteiger charge is -2.30. The predicted octanol–water partition coefficient (Wildman–Crippen LogP) is 4.48. The van der Waals surface area contributed by atoms with Crippen LogP contribution in [-0.4, -0.2) is 29.8 Å². The van der Waals surface area contributed by atoms with Crippen LogP contribution in [0, 0.1) is 11.8 Å². The molecule has 23 heavy (non-hydrogen) atoms. The predicted molar refractivity (Wildman–Crippen MR) is 96.7 cm³/mol. The van der Waals surface area contributed by atoms with Gasteiger partial charge in [0.2, 0.25) is 0 Å². The SMILES string of the molecule is CC(C)C1CCCC(NCC(C)(C)NC(=O)OC(C)(C)C)CC1. The Morgan fingerprint density at radius 1 is 1.09 bits per heavy atom. The van der Waals surface area contributed by atoms with Gasteiger partial charge in [0.15, 0.2) is 0 Å². The van der Waals surface area contributed by atoms with E-state index in [0.717, 1.165) is 18.4 Å². The highest BCUT2D eigenvalue weighted by molar-refractivity contribution is 5.68. The van der Waals surface area contributed by atoms with Gasteiger partial charge in [0.25, 0.3) is 0 Å². The van der Waals surface area contributed by atoms with Crippen molar-refractivity contribution in [1.82, 2.24) is 10.6 Å². The van der Waals surface area contributed by atoms with Crippen LogP contribution in [0.4, 0.5) is 4.79 Å². The van der Waals surface area contributed by atoms with E-state index in [2.05, 4.69) is 24.5 Å². The minimum Gasteiger partial charge on any atom is -0.444 e. The second kappa shape index (κ2) is 8.36. The van der Waals surface area contributed by atoms with E-state index in [9.17, 15) is 4.79 Å². The molecule has 0 heterocycles. The average molecular weight is 327 g/mol. The van der Waals surface area contributed by atoms with Gasteiger partial charge in [-0.25, -0.2) is 4.79 Å². The van der Waals surface area contributed by atoms with Crippen molar-refractivity contribution in [2.75, 3.05) is 6.54 Å². The van der Waals surface area contributed by atoms with Crippen LogP contribution in [0.1, 0.15) is 80.6 Å². The summed E-state index contributed by atoms with van der Waals surface area (Å²) in [4.78, 5) is 11.9. The second-order valence-corrected chi connectivity index (χ2v) is 9.10. The number of rotatable bonds is 5. The lowest BCUT2D eigenvalue weighted by Crippen LogP contribution is -2.53. The topological polar surface area (TPSA) is 50.4 Å². The maximum absolute atomic E-state index is 11.9. The van der Waals surface area contributed by atoms with Crippen LogP contribution < -0.4 is 10.6 Å². The standard InChI is InChI=1S/C19H38N2O2/c1-14(2)15-9-8-10-16(12-11-15)20-13-19(6,7)21-17(22)23-18(3,4)5/h14-16,20H,8-13H2,1-7H3,(H,21,22). The maximum Gasteiger partial charge on any atom is 0.408 e. The largest absolute Gasteiger partial charge is 0.444 e. The first-order valence-corrected chi connectivity index (χ1v) is 9.23. The molecule has 1 rings (SSSR count). The van der Waals surface area contributed by atoms with Crippen molar-refractivity contribution in [2.45, 2.75) is 97.8 Å². The molecule has 4 nitrogen and oxygen atoms in total. The zero-order chi connectivity index (χ0) is 17.7. The highest BCUT2D eigenvalue weighted by atomic mass is 16.6. The van der Waals surface area contributed by atoms with E-state index in [-0.39, 0.29) is 11.6 Å². The zero-order valence-electron chi connectivity index (χ0n) is 16.3. The molecule has 1 amide bonds. The maximum atomic E-state index is 11.9. The van der Waals surface area contributed by atoms with E-state index in [0.29, 0.717) is 6.04 Å². The Balaban J connectivity index is 2.39. The third-order valence-electron chi connectivity index (χ3n) is 4.63. The fourth-order valence-electron chi connectivity index (χ4n) is 3.22. The van der Waals surface area contributed by atoms with Crippen LogP contribution in [0.25, 0.3) is 0 Å². The molecule has 4 heteroatoms. The Hall–Kier alpha value is -0.770. The molecule has 0 aromatic rings. The van der Waals surface area contributed by atoms with E-state index in [1.165, 1.54) is 32.1 Å². The van der Waals surface area contributed by atoms with Crippen molar-refractivity contribution in [3.05, 3.63) is 0 Å². The number of amides is 1. The summed E-state index contributed by atoms with van der Waals surface area (Å²) in [6.07, 6.45) is 6.12. The Bertz CT molecular complexity index is 372. The van der Waals surface area contributed by atoms with Gasteiger partial charge in [-0.2, -0.15) is 0 Å². The molecular weight excluding hydrogens is 288 g/mol. The van der Waals surface area contributed by atoms with Crippen molar-refractivity contribution < 1.29 is 9.53 Å². The fourth-order valence-corrected chi connectivity index (χ4v) is 3.22. The quantitative estimate of drug-likeness (QED) is 0.732. The first kappa shape index (κ1) is 20.3. The number of hydrogen-bond donors (Lipinski definition) is 2. The molecule has 0 saturated heterocycles. The van der Waals surface area contributed by atoms with Crippen molar-refractivity contribution >= 4 is 6.09 Å². The number of nitrogens with one attached hydrogen (secondary N) is 2. The summed E-state index contributed by atoms with van der Waals surface area (Å²) in [6, 6.07) is 0.568. The molecule has 0 spiro atoms. The third kappa shape index (κ3) is 8.59. The molecule has 0 aliphatic heterocycles. The van der Waals surface area contributed by atoms with E-state index in [1.54, 1.807) is 0 Å². The van der Waals surface area contributed by atoms with Crippen molar-refractivity contribution in [2.24, 2.45) is 11.8 Å². The highest BCUT2D eigenvalue weighted by Gasteiger charge is 2.26. The highest BCUT2D eigenvalue weighted by Crippen LogP contribution is 2.28. The molecule has 2 unspecified atom stereocenters. The van der Waals surface area contributed by atoms with Crippen LogP contribution >= 0.6 is 0 Å². The van der Waals surface area contributed by atoms with E-state index >= 15 is 0 Å². The smallest absolute Gasteiger partial charge is 0.408 e. The molecule has 2 N–H and O–H groups in total. The van der Waals surface area contributed by atoms with Crippen molar-refractivity contribution in [3.63, 3.8) is 0 Å². The summed E-state index contributed by atoms with van der Waals surface area (Å²) >= 11 is 0. The molecule has 0 aromatic carbocycles. The summed E-state index contributed by atoms with van der Waals surface area (Å²) < 4.78 is 5.35. The lowest BCUT2D eigenvalue weighted by atomic mass is 9.89. The lowest BCUT2D eigenvalue weighted by molar-refractivity contribution is 0.0470. The molecular formula is C19H38N2O2. The Kier molecular flexibility index (Phi) is 7.37. The zero-order valence-corrected chi connectivity index (χ0v) is 16.3. The van der Waals surface area contributed by atoms with Gasteiger partial charge in [-0.15, -0.1) is 0 Å². The van der Waals surface area contributed by atoms with Crippen LogP contribution in [0.15, 0.2) is 0 Å². The molecule has 1 fully saturated rings. The van der Waals surface area contributed by atoms with Crippen molar-refractivity contribution in [1.29, 1.82) is 0 Å². The molecule has 2 atom stereocenters. The van der Waals surface area contributed by atoms with Gasteiger partial charge in [-0.05, 0) is 65.7 Å². The minimum atomic E-state index is -0.458. The van der Waals surface area contributed by atoms with Crippen LogP contribution in [0.2, 0.25) is 0 Å². The number of carbonyl (C=O) groups is 1. The third-order valence-corrected chi connectivity index (χ3v) is 4.63. The summed E-state index contributed by atoms with van der Waals surface area (Å²) in [5.41, 5.74) is -0.771. The average Bonchev–Trinajstić information content (AvgIpc) is 2.58. The second-order valence-electron chi connectivity index (χ2n) is 9.10. The van der Waals surface area contributed by atoms with E-state index in [1.807, 2.05) is 34.6 Å². The Morgan fingerprint density at radius 2 is 1.74 bits per heavy atom. The first-order chi connectivity index (χ1) is 10.5. The molecule has 0 radical (unpaired) electrons. The number of carbonyl (C=O) groups excluding carboxylic acids is 1. The first-order valence-electron chi connectivity index (χ1n) is 9.23. The van der Waals surface area contributed by atoms with Gasteiger partial charge in [0.05, 0.1) is 5.54 Å². The summed E-state index contributed by atoms with van der Waals surface area (Å²) in [7, 11) is 0. The summed E-state index contributed by atoms with van der Waals surface area (Å²) in [6.45, 7) is 15.2.